The summed E-state index contributed by atoms with van der Waals surface area (Å²) < 4.78 is 0. The molecule has 102 valence electrons. The Morgan fingerprint density at radius 3 is 3.16 bits per heavy atom. The van der Waals surface area contributed by atoms with Crippen molar-refractivity contribution in [2.45, 2.75) is 25.7 Å². The molecule has 0 amide bonds. The molecule has 3 rings (SSSR count). The zero-order valence-electron chi connectivity index (χ0n) is 10.8. The van der Waals surface area contributed by atoms with E-state index in [4.69, 9.17) is 0 Å². The number of thioether (sulfide) groups is 1. The summed E-state index contributed by atoms with van der Waals surface area (Å²) in [5.41, 5.74) is 2.51. The number of aromatic carboxylic acids is 1. The smallest absolute Gasteiger partial charge is 0.339 e. The number of carbonyl (C=O) groups is 1. The fraction of sp³-hybridized carbons (Fsp3) is 0.571. The summed E-state index contributed by atoms with van der Waals surface area (Å²) >= 11 is 1.97. The van der Waals surface area contributed by atoms with Gasteiger partial charge in [0.2, 0.25) is 0 Å². The van der Waals surface area contributed by atoms with Crippen LogP contribution in [0.15, 0.2) is 6.07 Å². The average molecular weight is 278 g/mol. The van der Waals surface area contributed by atoms with Crippen LogP contribution >= 0.6 is 11.8 Å². The highest BCUT2D eigenvalue weighted by Gasteiger charge is 2.21. The third-order valence-electron chi connectivity index (χ3n) is 3.86. The molecule has 1 saturated heterocycles. The van der Waals surface area contributed by atoms with E-state index in [-0.39, 0.29) is 0 Å². The number of anilines is 1. The second-order valence-electron chi connectivity index (χ2n) is 5.26. The molecule has 1 atom stereocenters. The van der Waals surface area contributed by atoms with E-state index in [0.29, 0.717) is 17.3 Å². The lowest BCUT2D eigenvalue weighted by Gasteiger charge is -2.14. The number of nitrogens with one attached hydrogen (secondary N) is 1. The molecule has 2 aliphatic rings. The maximum absolute atomic E-state index is 11.3. The van der Waals surface area contributed by atoms with Crippen LogP contribution in [0, 0.1) is 5.92 Å². The molecular formula is C14H18N2O2S. The third-order valence-corrected chi connectivity index (χ3v) is 5.09. The van der Waals surface area contributed by atoms with Gasteiger partial charge < -0.3 is 10.4 Å². The van der Waals surface area contributed by atoms with E-state index in [0.717, 1.165) is 37.1 Å². The van der Waals surface area contributed by atoms with Crippen LogP contribution in [0.2, 0.25) is 0 Å². The van der Waals surface area contributed by atoms with Crippen LogP contribution in [0.1, 0.15) is 34.5 Å². The number of carboxylic acid groups (broad SMARTS) is 1. The molecule has 0 saturated carbocycles. The highest BCUT2D eigenvalue weighted by Crippen LogP contribution is 2.27. The van der Waals surface area contributed by atoms with Crippen LogP contribution in [-0.4, -0.2) is 34.1 Å². The Morgan fingerprint density at radius 1 is 1.53 bits per heavy atom. The third kappa shape index (κ3) is 2.71. The van der Waals surface area contributed by atoms with Crippen molar-refractivity contribution < 1.29 is 9.90 Å². The molecule has 0 bridgehead atoms. The van der Waals surface area contributed by atoms with E-state index in [1.165, 1.54) is 17.9 Å². The molecule has 19 heavy (non-hydrogen) atoms. The first-order valence-electron chi connectivity index (χ1n) is 6.82. The molecular weight excluding hydrogens is 260 g/mol. The molecule has 0 radical (unpaired) electrons. The first kappa shape index (κ1) is 12.8. The van der Waals surface area contributed by atoms with Gasteiger partial charge in [0.15, 0.2) is 0 Å². The topological polar surface area (TPSA) is 62.2 Å². The zero-order chi connectivity index (χ0) is 13.2. The summed E-state index contributed by atoms with van der Waals surface area (Å²) in [5, 5.41) is 12.6. The SMILES string of the molecule is O=C(O)c1cc2c(nc1NCC1CCSC1)CCC2. The van der Waals surface area contributed by atoms with Gasteiger partial charge in [-0.1, -0.05) is 0 Å². The highest BCUT2D eigenvalue weighted by atomic mass is 32.2. The molecule has 1 fully saturated rings. The van der Waals surface area contributed by atoms with Crippen molar-refractivity contribution in [3.8, 4) is 0 Å². The molecule has 0 spiro atoms. The van der Waals surface area contributed by atoms with Gasteiger partial charge in [0.05, 0.1) is 0 Å². The van der Waals surface area contributed by atoms with Crippen molar-refractivity contribution in [3.05, 3.63) is 22.9 Å². The lowest BCUT2D eigenvalue weighted by Crippen LogP contribution is -2.17. The summed E-state index contributed by atoms with van der Waals surface area (Å²) in [6.07, 6.45) is 4.24. The van der Waals surface area contributed by atoms with Crippen LogP contribution in [0.25, 0.3) is 0 Å². The van der Waals surface area contributed by atoms with Crippen molar-refractivity contribution in [2.75, 3.05) is 23.4 Å². The van der Waals surface area contributed by atoms with Gasteiger partial charge >= 0.3 is 5.97 Å². The van der Waals surface area contributed by atoms with Crippen LogP contribution < -0.4 is 5.32 Å². The predicted molar refractivity (Wildman–Crippen MR) is 77.1 cm³/mol. The van der Waals surface area contributed by atoms with Gasteiger partial charge in [-0.2, -0.15) is 11.8 Å². The van der Waals surface area contributed by atoms with Crippen molar-refractivity contribution in [1.82, 2.24) is 4.98 Å². The first-order chi connectivity index (χ1) is 9.24. The Labute approximate surface area is 117 Å². The zero-order valence-corrected chi connectivity index (χ0v) is 11.6. The minimum absolute atomic E-state index is 0.325. The summed E-state index contributed by atoms with van der Waals surface area (Å²) in [6.45, 7) is 0.832. The number of aromatic nitrogens is 1. The van der Waals surface area contributed by atoms with Crippen molar-refractivity contribution in [1.29, 1.82) is 0 Å². The first-order valence-corrected chi connectivity index (χ1v) is 7.97. The number of rotatable bonds is 4. The monoisotopic (exact) mass is 278 g/mol. The molecule has 0 aromatic carbocycles. The fourth-order valence-electron chi connectivity index (χ4n) is 2.76. The average Bonchev–Trinajstić information content (AvgIpc) is 3.05. The molecule has 1 aromatic heterocycles. The summed E-state index contributed by atoms with van der Waals surface area (Å²) in [4.78, 5) is 15.9. The maximum atomic E-state index is 11.3. The minimum Gasteiger partial charge on any atom is -0.478 e. The molecule has 1 unspecified atom stereocenters. The Bertz CT molecular complexity index is 498. The van der Waals surface area contributed by atoms with E-state index in [1.807, 2.05) is 17.8 Å². The summed E-state index contributed by atoms with van der Waals surface area (Å²) in [5.74, 6) is 2.70. The van der Waals surface area contributed by atoms with Gasteiger partial charge in [0.1, 0.15) is 11.4 Å². The molecule has 2 heterocycles. The van der Waals surface area contributed by atoms with E-state index < -0.39 is 5.97 Å². The highest BCUT2D eigenvalue weighted by molar-refractivity contribution is 7.99. The van der Waals surface area contributed by atoms with Crippen molar-refractivity contribution >= 4 is 23.5 Å². The number of fused-ring (bicyclic) bond motifs is 1. The molecule has 4 nitrogen and oxygen atoms in total. The summed E-state index contributed by atoms with van der Waals surface area (Å²) in [6, 6.07) is 1.81. The van der Waals surface area contributed by atoms with Gasteiger partial charge in [-0.3, -0.25) is 0 Å². The van der Waals surface area contributed by atoms with Crippen LogP contribution in [-0.2, 0) is 12.8 Å². The Hall–Kier alpha value is -1.23. The number of aryl methyl sites for hydroxylation is 2. The van der Waals surface area contributed by atoms with Crippen molar-refractivity contribution in [2.24, 2.45) is 5.92 Å². The molecule has 1 aliphatic heterocycles. The van der Waals surface area contributed by atoms with Gasteiger partial charge in [0.25, 0.3) is 0 Å². The molecule has 1 aromatic rings. The molecule has 2 N–H and O–H groups in total. The number of nitrogens with zero attached hydrogens (tertiary/aromatic N) is 1. The molecule has 1 aliphatic carbocycles. The number of pyridine rings is 1. The summed E-state index contributed by atoms with van der Waals surface area (Å²) in [7, 11) is 0. The Kier molecular flexibility index (Phi) is 3.64. The number of carboxylic acids is 1. The number of hydrogen-bond acceptors (Lipinski definition) is 4. The van der Waals surface area contributed by atoms with Crippen LogP contribution in [0.4, 0.5) is 5.82 Å². The lowest BCUT2D eigenvalue weighted by atomic mass is 10.1. The van der Waals surface area contributed by atoms with Gasteiger partial charge in [0, 0.05) is 12.2 Å². The van der Waals surface area contributed by atoms with E-state index in [9.17, 15) is 9.90 Å². The predicted octanol–water partition coefficient (Wildman–Crippen LogP) is 2.43. The normalized spacial score (nSPS) is 21.4. The standard InChI is InChI=1S/C14H18N2O2S/c17-14(18)11-6-10-2-1-3-12(10)16-13(11)15-7-9-4-5-19-8-9/h6,9H,1-5,7-8H2,(H,15,16)(H,17,18). The largest absolute Gasteiger partial charge is 0.478 e. The maximum Gasteiger partial charge on any atom is 0.339 e. The number of hydrogen-bond donors (Lipinski definition) is 2. The van der Waals surface area contributed by atoms with E-state index in [1.54, 1.807) is 0 Å². The Morgan fingerprint density at radius 2 is 2.42 bits per heavy atom. The van der Waals surface area contributed by atoms with E-state index in [2.05, 4.69) is 10.3 Å². The van der Waals surface area contributed by atoms with Crippen LogP contribution in [0.3, 0.4) is 0 Å². The lowest BCUT2D eigenvalue weighted by molar-refractivity contribution is 0.0697. The second kappa shape index (κ2) is 5.41. The van der Waals surface area contributed by atoms with Crippen LogP contribution in [0.5, 0.6) is 0 Å². The Balaban J connectivity index is 1.80. The van der Waals surface area contributed by atoms with Crippen molar-refractivity contribution in [3.63, 3.8) is 0 Å². The minimum atomic E-state index is -0.884. The second-order valence-corrected chi connectivity index (χ2v) is 6.41. The quantitative estimate of drug-likeness (QED) is 0.885. The van der Waals surface area contributed by atoms with Gasteiger partial charge in [-0.15, -0.1) is 0 Å². The fourth-order valence-corrected chi connectivity index (χ4v) is 4.04. The van der Waals surface area contributed by atoms with E-state index >= 15 is 0 Å². The van der Waals surface area contributed by atoms with Gasteiger partial charge in [-0.25, -0.2) is 9.78 Å². The van der Waals surface area contributed by atoms with Gasteiger partial charge in [-0.05, 0) is 54.7 Å². The molecule has 5 heteroatoms.